The van der Waals surface area contributed by atoms with Gasteiger partial charge in [0.25, 0.3) is 0 Å². The number of nitrogens with zero attached hydrogens (tertiary/aromatic N) is 3. The molecule has 1 saturated heterocycles. The lowest BCUT2D eigenvalue weighted by atomic mass is 10.1. The van der Waals surface area contributed by atoms with Crippen molar-refractivity contribution in [2.75, 3.05) is 31.1 Å². The largest absolute Gasteiger partial charge is 0.476 e. The van der Waals surface area contributed by atoms with Gasteiger partial charge in [0.05, 0.1) is 5.52 Å². The summed E-state index contributed by atoms with van der Waals surface area (Å²) in [5.74, 6) is -0.970. The van der Waals surface area contributed by atoms with Gasteiger partial charge in [-0.05, 0) is 38.1 Å². The molecule has 1 fully saturated rings. The molecule has 2 aromatic rings. The van der Waals surface area contributed by atoms with Crippen LogP contribution in [0.4, 0.5) is 5.69 Å². The van der Waals surface area contributed by atoms with E-state index in [4.69, 9.17) is 0 Å². The number of carboxylic acids is 1. The quantitative estimate of drug-likeness (QED) is 0.897. The Hall–Kier alpha value is -2.08. The first kappa shape index (κ1) is 13.9. The summed E-state index contributed by atoms with van der Waals surface area (Å²) in [7, 11) is 0. The van der Waals surface area contributed by atoms with Gasteiger partial charge in [0.1, 0.15) is 0 Å². The van der Waals surface area contributed by atoms with Crippen molar-refractivity contribution in [2.24, 2.45) is 0 Å². The molecule has 6 heteroatoms. The van der Waals surface area contributed by atoms with Gasteiger partial charge in [-0.1, -0.05) is 0 Å². The van der Waals surface area contributed by atoms with E-state index in [2.05, 4.69) is 21.4 Å². The number of hydrogen-bond acceptors (Lipinski definition) is 4. The van der Waals surface area contributed by atoms with Crippen LogP contribution < -0.4 is 10.2 Å². The van der Waals surface area contributed by atoms with Crippen LogP contribution in [-0.4, -0.2) is 47.0 Å². The van der Waals surface area contributed by atoms with Crippen LogP contribution in [0.25, 0.3) is 10.9 Å². The van der Waals surface area contributed by atoms with Crippen LogP contribution in [0.1, 0.15) is 23.8 Å². The molecule has 0 radical (unpaired) electrons. The van der Waals surface area contributed by atoms with Crippen LogP contribution in [0.15, 0.2) is 18.2 Å². The summed E-state index contributed by atoms with van der Waals surface area (Å²) in [6, 6.07) is 6.00. The zero-order chi connectivity index (χ0) is 14.8. The van der Waals surface area contributed by atoms with Gasteiger partial charge in [-0.2, -0.15) is 5.10 Å². The van der Waals surface area contributed by atoms with Gasteiger partial charge in [0.15, 0.2) is 5.69 Å². The highest BCUT2D eigenvalue weighted by molar-refractivity contribution is 6.02. The molecule has 21 heavy (non-hydrogen) atoms. The highest BCUT2D eigenvalue weighted by Crippen LogP contribution is 2.25. The normalized spacial score (nSPS) is 16.1. The maximum Gasteiger partial charge on any atom is 0.357 e. The lowest BCUT2D eigenvalue weighted by Gasteiger charge is -2.22. The van der Waals surface area contributed by atoms with Gasteiger partial charge in [0, 0.05) is 37.3 Å². The summed E-state index contributed by atoms with van der Waals surface area (Å²) in [6.07, 6.45) is 1.10. The predicted molar refractivity (Wildman–Crippen MR) is 82.1 cm³/mol. The van der Waals surface area contributed by atoms with Crippen molar-refractivity contribution in [3.8, 4) is 0 Å². The molecule has 0 bridgehead atoms. The van der Waals surface area contributed by atoms with E-state index in [1.165, 1.54) is 0 Å². The summed E-state index contributed by atoms with van der Waals surface area (Å²) < 4.78 is 1.74. The second kappa shape index (κ2) is 5.73. The number of aryl methyl sites for hydroxylation is 1. The van der Waals surface area contributed by atoms with Crippen molar-refractivity contribution in [2.45, 2.75) is 19.9 Å². The van der Waals surface area contributed by atoms with Gasteiger partial charge in [0.2, 0.25) is 0 Å². The Balaban J connectivity index is 2.05. The Morgan fingerprint density at radius 2 is 2.24 bits per heavy atom. The van der Waals surface area contributed by atoms with Crippen LogP contribution in [0, 0.1) is 0 Å². The first-order valence-electron chi connectivity index (χ1n) is 7.40. The van der Waals surface area contributed by atoms with Gasteiger partial charge < -0.3 is 15.3 Å². The van der Waals surface area contributed by atoms with Crippen molar-refractivity contribution in [3.63, 3.8) is 0 Å². The maximum atomic E-state index is 11.4. The number of benzene rings is 1. The molecule has 1 aromatic heterocycles. The van der Waals surface area contributed by atoms with Crippen molar-refractivity contribution in [1.82, 2.24) is 15.1 Å². The predicted octanol–water partition coefficient (Wildman–Crippen LogP) is 1.55. The van der Waals surface area contributed by atoms with E-state index in [0.29, 0.717) is 6.54 Å². The molecule has 3 rings (SSSR count). The molecular formula is C15H20N4O2. The van der Waals surface area contributed by atoms with E-state index in [-0.39, 0.29) is 5.69 Å². The topological polar surface area (TPSA) is 70.4 Å². The maximum absolute atomic E-state index is 11.4. The molecule has 1 aliphatic heterocycles. The zero-order valence-electron chi connectivity index (χ0n) is 12.2. The third-order valence-electron chi connectivity index (χ3n) is 3.94. The molecule has 0 aliphatic carbocycles. The molecule has 6 nitrogen and oxygen atoms in total. The van der Waals surface area contributed by atoms with E-state index < -0.39 is 5.97 Å². The number of carbonyl (C=O) groups is 1. The standard InChI is InChI=1S/C15H20N4O2/c1-2-19-13-5-4-11(18-8-3-6-16-7-9-18)10-12(13)14(17-19)15(20)21/h4-5,10,16H,2-3,6-9H2,1H3,(H,20,21). The van der Waals surface area contributed by atoms with E-state index in [1.54, 1.807) is 4.68 Å². The monoisotopic (exact) mass is 288 g/mol. The minimum Gasteiger partial charge on any atom is -0.476 e. The average molecular weight is 288 g/mol. The molecule has 0 atom stereocenters. The number of anilines is 1. The fraction of sp³-hybridized carbons (Fsp3) is 0.467. The van der Waals surface area contributed by atoms with Gasteiger partial charge in [-0.15, -0.1) is 0 Å². The Kier molecular flexibility index (Phi) is 3.79. The first-order chi connectivity index (χ1) is 10.2. The lowest BCUT2D eigenvalue weighted by molar-refractivity contribution is 0.0691. The summed E-state index contributed by atoms with van der Waals surface area (Å²) in [4.78, 5) is 13.7. The Morgan fingerprint density at radius 3 is 3.00 bits per heavy atom. The summed E-state index contributed by atoms with van der Waals surface area (Å²) in [6.45, 7) is 6.55. The highest BCUT2D eigenvalue weighted by Gasteiger charge is 2.18. The molecule has 1 aromatic carbocycles. The number of carboxylic acid groups (broad SMARTS) is 1. The Morgan fingerprint density at radius 1 is 1.38 bits per heavy atom. The highest BCUT2D eigenvalue weighted by atomic mass is 16.4. The van der Waals surface area contributed by atoms with E-state index in [0.717, 1.165) is 49.2 Å². The van der Waals surface area contributed by atoms with E-state index in [9.17, 15) is 9.90 Å². The Bertz CT molecular complexity index is 657. The van der Waals surface area contributed by atoms with Crippen molar-refractivity contribution >= 4 is 22.6 Å². The zero-order valence-corrected chi connectivity index (χ0v) is 12.2. The number of aromatic carboxylic acids is 1. The van der Waals surface area contributed by atoms with Crippen LogP contribution in [0.3, 0.4) is 0 Å². The molecule has 0 unspecified atom stereocenters. The SMILES string of the molecule is CCn1nc(C(=O)O)c2cc(N3CCCNCC3)ccc21. The molecular weight excluding hydrogens is 268 g/mol. The van der Waals surface area contributed by atoms with E-state index in [1.807, 2.05) is 19.1 Å². The minimum atomic E-state index is -0.970. The molecule has 2 heterocycles. The number of hydrogen-bond donors (Lipinski definition) is 2. The van der Waals surface area contributed by atoms with Crippen LogP contribution in [0.2, 0.25) is 0 Å². The van der Waals surface area contributed by atoms with Gasteiger partial charge in [-0.3, -0.25) is 4.68 Å². The number of fused-ring (bicyclic) bond motifs is 1. The van der Waals surface area contributed by atoms with Crippen molar-refractivity contribution < 1.29 is 9.90 Å². The lowest BCUT2D eigenvalue weighted by Crippen LogP contribution is -2.27. The molecule has 2 N–H and O–H groups in total. The van der Waals surface area contributed by atoms with Crippen molar-refractivity contribution in [3.05, 3.63) is 23.9 Å². The second-order valence-electron chi connectivity index (χ2n) is 5.26. The second-order valence-corrected chi connectivity index (χ2v) is 5.26. The molecule has 0 saturated carbocycles. The van der Waals surface area contributed by atoms with Crippen molar-refractivity contribution in [1.29, 1.82) is 0 Å². The fourth-order valence-corrected chi connectivity index (χ4v) is 2.87. The van der Waals surface area contributed by atoms with Crippen LogP contribution in [-0.2, 0) is 6.54 Å². The third-order valence-corrected chi connectivity index (χ3v) is 3.94. The number of nitrogens with one attached hydrogen (secondary N) is 1. The van der Waals surface area contributed by atoms with E-state index >= 15 is 0 Å². The number of rotatable bonds is 3. The molecule has 0 spiro atoms. The average Bonchev–Trinajstić information content (AvgIpc) is 2.67. The van der Waals surface area contributed by atoms with Gasteiger partial charge in [-0.25, -0.2) is 4.79 Å². The Labute approximate surface area is 123 Å². The molecule has 112 valence electrons. The molecule has 1 aliphatic rings. The minimum absolute atomic E-state index is 0.140. The summed E-state index contributed by atoms with van der Waals surface area (Å²) in [5.41, 5.74) is 2.09. The smallest absolute Gasteiger partial charge is 0.357 e. The number of aromatic nitrogens is 2. The summed E-state index contributed by atoms with van der Waals surface area (Å²) in [5, 5.41) is 17.6. The first-order valence-corrected chi connectivity index (χ1v) is 7.40. The van der Waals surface area contributed by atoms with Gasteiger partial charge >= 0.3 is 5.97 Å². The van der Waals surface area contributed by atoms with Crippen LogP contribution >= 0.6 is 0 Å². The van der Waals surface area contributed by atoms with Crippen LogP contribution in [0.5, 0.6) is 0 Å². The molecule has 0 amide bonds. The fourth-order valence-electron chi connectivity index (χ4n) is 2.87. The third kappa shape index (κ3) is 2.58. The summed E-state index contributed by atoms with van der Waals surface area (Å²) >= 11 is 0.